The first-order chi connectivity index (χ1) is 10.1. The molecule has 1 aromatic heterocycles. The number of fused-ring (bicyclic) bond motifs is 1. The molecule has 0 bridgehead atoms. The zero-order valence-electron chi connectivity index (χ0n) is 12.6. The number of ether oxygens (including phenoxy) is 2. The molecule has 1 amide bonds. The number of methoxy groups -OCH3 is 2. The number of carbonyl (C=O) groups excluding carboxylic acids is 2. The van der Waals surface area contributed by atoms with Crippen LogP contribution in [-0.4, -0.2) is 55.7 Å². The molecule has 0 unspecified atom stereocenters. The van der Waals surface area contributed by atoms with Crippen LogP contribution in [0.25, 0.3) is 0 Å². The number of aryl methyl sites for hydroxylation is 1. The Bertz CT molecular complexity index is 557. The predicted octanol–water partition coefficient (Wildman–Crippen LogP) is 0.750. The summed E-state index contributed by atoms with van der Waals surface area (Å²) in [5.74, 6) is -0.394. The SMILES string of the molecule is COCC(=O)N1CCc2cc(C(=O)OC)c(C)nc2CC1. The number of aromatic nitrogens is 1. The van der Waals surface area contributed by atoms with E-state index in [2.05, 4.69) is 4.98 Å². The maximum atomic E-state index is 11.9. The zero-order valence-corrected chi connectivity index (χ0v) is 12.6. The van der Waals surface area contributed by atoms with Crippen LogP contribution in [0, 0.1) is 6.92 Å². The third-order valence-corrected chi connectivity index (χ3v) is 3.68. The quantitative estimate of drug-likeness (QED) is 0.769. The summed E-state index contributed by atoms with van der Waals surface area (Å²) in [4.78, 5) is 29.9. The molecule has 1 aliphatic heterocycles. The van der Waals surface area contributed by atoms with Gasteiger partial charge >= 0.3 is 5.97 Å². The van der Waals surface area contributed by atoms with Crippen LogP contribution in [0.1, 0.15) is 27.3 Å². The van der Waals surface area contributed by atoms with Crippen molar-refractivity contribution in [2.24, 2.45) is 0 Å². The summed E-state index contributed by atoms with van der Waals surface area (Å²) in [5.41, 5.74) is 3.12. The van der Waals surface area contributed by atoms with E-state index in [1.165, 1.54) is 14.2 Å². The maximum absolute atomic E-state index is 11.9. The third kappa shape index (κ3) is 3.39. The van der Waals surface area contributed by atoms with E-state index in [9.17, 15) is 9.59 Å². The van der Waals surface area contributed by atoms with Crippen molar-refractivity contribution in [3.8, 4) is 0 Å². The van der Waals surface area contributed by atoms with Gasteiger partial charge in [-0.3, -0.25) is 9.78 Å². The normalized spacial score (nSPS) is 14.3. The number of amides is 1. The molecule has 0 spiro atoms. The van der Waals surface area contributed by atoms with Crippen LogP contribution in [0.5, 0.6) is 0 Å². The number of hydrogen-bond donors (Lipinski definition) is 0. The number of carbonyl (C=O) groups is 2. The predicted molar refractivity (Wildman–Crippen MR) is 76.2 cm³/mol. The Morgan fingerprint density at radius 2 is 2.00 bits per heavy atom. The fraction of sp³-hybridized carbons (Fsp3) is 0.533. The number of hydrogen-bond acceptors (Lipinski definition) is 5. The fourth-order valence-electron chi connectivity index (χ4n) is 2.52. The van der Waals surface area contributed by atoms with Crippen molar-refractivity contribution < 1.29 is 19.1 Å². The minimum Gasteiger partial charge on any atom is -0.465 e. The number of nitrogens with zero attached hydrogens (tertiary/aromatic N) is 2. The molecular formula is C15H20N2O4. The Kier molecular flexibility index (Phi) is 4.90. The summed E-state index contributed by atoms with van der Waals surface area (Å²) in [5, 5.41) is 0. The smallest absolute Gasteiger partial charge is 0.339 e. The van der Waals surface area contributed by atoms with Gasteiger partial charge in [0.2, 0.25) is 5.91 Å². The Morgan fingerprint density at radius 1 is 1.29 bits per heavy atom. The first kappa shape index (κ1) is 15.4. The van der Waals surface area contributed by atoms with Gasteiger partial charge in [-0.15, -0.1) is 0 Å². The van der Waals surface area contributed by atoms with Gasteiger partial charge in [0.05, 0.1) is 18.4 Å². The average molecular weight is 292 g/mol. The summed E-state index contributed by atoms with van der Waals surface area (Å²) in [6.45, 7) is 3.13. The molecule has 1 aromatic rings. The zero-order chi connectivity index (χ0) is 15.4. The second-order valence-electron chi connectivity index (χ2n) is 5.03. The molecule has 0 aliphatic carbocycles. The van der Waals surface area contributed by atoms with Gasteiger partial charge in [0, 0.05) is 32.3 Å². The molecule has 0 saturated carbocycles. The van der Waals surface area contributed by atoms with Gasteiger partial charge in [-0.05, 0) is 25.0 Å². The van der Waals surface area contributed by atoms with E-state index in [1.807, 2.05) is 6.07 Å². The summed E-state index contributed by atoms with van der Waals surface area (Å²) in [6, 6.07) is 1.84. The standard InChI is InChI=1S/C15H20N2O4/c1-10-12(15(19)21-3)8-11-4-6-17(14(18)9-20-2)7-5-13(11)16-10/h8H,4-7,9H2,1-3H3. The Hall–Kier alpha value is -1.95. The maximum Gasteiger partial charge on any atom is 0.339 e. The highest BCUT2D eigenvalue weighted by Crippen LogP contribution is 2.19. The molecule has 0 N–H and O–H groups in total. The highest BCUT2D eigenvalue weighted by molar-refractivity contribution is 5.90. The van der Waals surface area contributed by atoms with E-state index >= 15 is 0 Å². The van der Waals surface area contributed by atoms with Crippen LogP contribution in [0.2, 0.25) is 0 Å². The lowest BCUT2D eigenvalue weighted by atomic mass is 10.0. The monoisotopic (exact) mass is 292 g/mol. The molecule has 114 valence electrons. The van der Waals surface area contributed by atoms with Crippen LogP contribution in [0.3, 0.4) is 0 Å². The van der Waals surface area contributed by atoms with Crippen LogP contribution in [-0.2, 0) is 27.1 Å². The molecule has 21 heavy (non-hydrogen) atoms. The summed E-state index contributed by atoms with van der Waals surface area (Å²) in [7, 11) is 2.87. The molecule has 1 aliphatic rings. The highest BCUT2D eigenvalue weighted by Gasteiger charge is 2.21. The lowest BCUT2D eigenvalue weighted by Gasteiger charge is -2.19. The third-order valence-electron chi connectivity index (χ3n) is 3.68. The van der Waals surface area contributed by atoms with E-state index in [1.54, 1.807) is 11.8 Å². The van der Waals surface area contributed by atoms with E-state index in [-0.39, 0.29) is 18.5 Å². The molecule has 0 aromatic carbocycles. The minimum atomic E-state index is -0.376. The first-order valence-corrected chi connectivity index (χ1v) is 6.91. The molecule has 2 heterocycles. The number of rotatable bonds is 3. The van der Waals surface area contributed by atoms with Gasteiger partial charge in [-0.25, -0.2) is 4.79 Å². The van der Waals surface area contributed by atoms with Crippen molar-refractivity contribution >= 4 is 11.9 Å². The van der Waals surface area contributed by atoms with Crippen molar-refractivity contribution in [3.63, 3.8) is 0 Å². The Labute approximate surface area is 124 Å². The van der Waals surface area contributed by atoms with Crippen molar-refractivity contribution in [1.29, 1.82) is 0 Å². The van der Waals surface area contributed by atoms with Gasteiger partial charge in [0.1, 0.15) is 6.61 Å². The van der Waals surface area contributed by atoms with Crippen LogP contribution in [0.4, 0.5) is 0 Å². The minimum absolute atomic E-state index is 0.0183. The number of esters is 1. The molecule has 2 rings (SSSR count). The molecule has 0 saturated heterocycles. The second kappa shape index (κ2) is 6.67. The van der Waals surface area contributed by atoms with Crippen molar-refractivity contribution in [2.45, 2.75) is 19.8 Å². The summed E-state index contributed by atoms with van der Waals surface area (Å²) in [6.07, 6.45) is 1.37. The average Bonchev–Trinajstić information content (AvgIpc) is 2.68. The summed E-state index contributed by atoms with van der Waals surface area (Å²) < 4.78 is 9.66. The molecule has 0 radical (unpaired) electrons. The summed E-state index contributed by atoms with van der Waals surface area (Å²) >= 11 is 0. The highest BCUT2D eigenvalue weighted by atomic mass is 16.5. The Balaban J connectivity index is 2.21. The topological polar surface area (TPSA) is 68.7 Å². The first-order valence-electron chi connectivity index (χ1n) is 6.91. The van der Waals surface area contributed by atoms with Gasteiger partial charge in [0.25, 0.3) is 0 Å². The van der Waals surface area contributed by atoms with Gasteiger partial charge < -0.3 is 14.4 Å². The molecule has 6 heteroatoms. The van der Waals surface area contributed by atoms with Crippen molar-refractivity contribution in [3.05, 3.63) is 28.6 Å². The van der Waals surface area contributed by atoms with E-state index < -0.39 is 0 Å². The van der Waals surface area contributed by atoms with Gasteiger partial charge in [-0.2, -0.15) is 0 Å². The molecule has 0 fully saturated rings. The van der Waals surface area contributed by atoms with Gasteiger partial charge in [-0.1, -0.05) is 0 Å². The van der Waals surface area contributed by atoms with Crippen LogP contribution < -0.4 is 0 Å². The van der Waals surface area contributed by atoms with Gasteiger partial charge in [0.15, 0.2) is 0 Å². The van der Waals surface area contributed by atoms with E-state index in [0.717, 1.165) is 11.3 Å². The second-order valence-corrected chi connectivity index (χ2v) is 5.03. The van der Waals surface area contributed by atoms with Crippen LogP contribution >= 0.6 is 0 Å². The van der Waals surface area contributed by atoms with E-state index in [4.69, 9.17) is 9.47 Å². The lowest BCUT2D eigenvalue weighted by Crippen LogP contribution is -2.35. The molecular weight excluding hydrogens is 272 g/mol. The van der Waals surface area contributed by atoms with Crippen molar-refractivity contribution in [2.75, 3.05) is 33.9 Å². The Morgan fingerprint density at radius 3 is 2.67 bits per heavy atom. The number of pyridine rings is 1. The molecule has 6 nitrogen and oxygen atoms in total. The lowest BCUT2D eigenvalue weighted by molar-refractivity contribution is -0.135. The van der Waals surface area contributed by atoms with Crippen molar-refractivity contribution in [1.82, 2.24) is 9.88 Å². The van der Waals surface area contributed by atoms with E-state index in [0.29, 0.717) is 37.2 Å². The fourth-order valence-corrected chi connectivity index (χ4v) is 2.52. The largest absolute Gasteiger partial charge is 0.465 e. The van der Waals surface area contributed by atoms with Crippen LogP contribution in [0.15, 0.2) is 6.07 Å². The molecule has 0 atom stereocenters.